The monoisotopic (exact) mass is 398 g/mol. The van der Waals surface area contributed by atoms with Gasteiger partial charge in [-0.15, -0.1) is 0 Å². The Morgan fingerprint density at radius 1 is 0.933 bits per heavy atom. The van der Waals surface area contributed by atoms with E-state index in [4.69, 9.17) is 9.84 Å². The van der Waals surface area contributed by atoms with Gasteiger partial charge in [0.05, 0.1) is 0 Å². The number of fused-ring (bicyclic) bond motifs is 1. The van der Waals surface area contributed by atoms with E-state index in [2.05, 4.69) is 10.3 Å². The van der Waals surface area contributed by atoms with E-state index in [1.165, 1.54) is 12.3 Å². The van der Waals surface area contributed by atoms with Crippen LogP contribution in [0, 0.1) is 6.92 Å². The fourth-order valence-corrected chi connectivity index (χ4v) is 3.06. The number of anilines is 1. The molecule has 3 aromatic carbocycles. The molecule has 0 aliphatic heterocycles. The van der Waals surface area contributed by atoms with Crippen LogP contribution in [0.3, 0.4) is 0 Å². The third-order valence-corrected chi connectivity index (χ3v) is 4.60. The number of nitrogens with zero attached hydrogens (tertiary/aromatic N) is 1. The number of hydrogen-bond acceptors (Lipinski definition) is 4. The molecule has 2 N–H and O–H groups in total. The molecule has 0 aliphatic rings. The Balaban J connectivity index is 1.59. The Kier molecular flexibility index (Phi) is 5.13. The predicted octanol–water partition coefficient (Wildman–Crippen LogP) is 5.29. The highest BCUT2D eigenvalue weighted by Gasteiger charge is 2.10. The molecule has 148 valence electrons. The van der Waals surface area contributed by atoms with Gasteiger partial charge < -0.3 is 15.2 Å². The zero-order valence-corrected chi connectivity index (χ0v) is 16.1. The van der Waals surface area contributed by atoms with Gasteiger partial charge in [0.15, 0.2) is 5.69 Å². The summed E-state index contributed by atoms with van der Waals surface area (Å²) in [4.78, 5) is 27.4. The molecule has 0 radical (unpaired) electrons. The number of carbonyl (C=O) groups excluding carboxylic acids is 1. The van der Waals surface area contributed by atoms with E-state index in [0.717, 1.165) is 16.3 Å². The number of aryl methyl sites for hydroxylation is 1. The molecule has 0 spiro atoms. The van der Waals surface area contributed by atoms with E-state index in [9.17, 15) is 9.59 Å². The molecule has 0 aliphatic carbocycles. The number of benzene rings is 3. The van der Waals surface area contributed by atoms with Crippen molar-refractivity contribution in [2.24, 2.45) is 0 Å². The maximum atomic E-state index is 12.6. The van der Waals surface area contributed by atoms with Crippen LogP contribution in [-0.2, 0) is 0 Å². The van der Waals surface area contributed by atoms with E-state index in [0.29, 0.717) is 22.7 Å². The van der Waals surface area contributed by atoms with Gasteiger partial charge in [-0.05, 0) is 54.8 Å². The number of ether oxygens (including phenoxy) is 1. The highest BCUT2D eigenvalue weighted by molar-refractivity contribution is 6.09. The van der Waals surface area contributed by atoms with Crippen LogP contribution in [0.25, 0.3) is 10.8 Å². The zero-order valence-electron chi connectivity index (χ0n) is 16.1. The predicted molar refractivity (Wildman–Crippen MR) is 114 cm³/mol. The van der Waals surface area contributed by atoms with Crippen molar-refractivity contribution < 1.29 is 19.4 Å². The van der Waals surface area contributed by atoms with E-state index in [1.54, 1.807) is 24.3 Å². The summed E-state index contributed by atoms with van der Waals surface area (Å²) < 4.78 is 5.79. The molecule has 1 amide bonds. The van der Waals surface area contributed by atoms with Gasteiger partial charge in [0.25, 0.3) is 5.91 Å². The van der Waals surface area contributed by atoms with Crippen molar-refractivity contribution in [2.45, 2.75) is 6.92 Å². The maximum Gasteiger partial charge on any atom is 0.354 e. The minimum Gasteiger partial charge on any atom is -0.477 e. The highest BCUT2D eigenvalue weighted by Crippen LogP contribution is 2.30. The Hall–Kier alpha value is -4.19. The summed E-state index contributed by atoms with van der Waals surface area (Å²) in [5.41, 5.74) is 2.29. The van der Waals surface area contributed by atoms with E-state index < -0.39 is 5.97 Å². The number of pyridine rings is 1. The molecule has 6 nitrogen and oxygen atoms in total. The summed E-state index contributed by atoms with van der Waals surface area (Å²) in [7, 11) is 0. The Morgan fingerprint density at radius 3 is 2.47 bits per heavy atom. The van der Waals surface area contributed by atoms with Crippen molar-refractivity contribution in [1.82, 2.24) is 4.98 Å². The number of carboxylic acid groups (broad SMARTS) is 1. The van der Waals surface area contributed by atoms with Crippen molar-refractivity contribution in [3.05, 3.63) is 95.8 Å². The lowest BCUT2D eigenvalue weighted by Crippen LogP contribution is -2.12. The number of aromatic carboxylic acids is 1. The Labute approximate surface area is 172 Å². The fourth-order valence-electron chi connectivity index (χ4n) is 3.06. The van der Waals surface area contributed by atoms with Gasteiger partial charge >= 0.3 is 5.97 Å². The first-order valence-corrected chi connectivity index (χ1v) is 9.27. The first-order valence-electron chi connectivity index (χ1n) is 9.27. The first-order chi connectivity index (χ1) is 14.5. The second-order valence-corrected chi connectivity index (χ2v) is 6.79. The van der Waals surface area contributed by atoms with Gasteiger partial charge in [-0.2, -0.15) is 0 Å². The third kappa shape index (κ3) is 4.12. The van der Waals surface area contributed by atoms with Gasteiger partial charge in [-0.3, -0.25) is 4.79 Å². The van der Waals surface area contributed by atoms with Gasteiger partial charge in [0, 0.05) is 28.9 Å². The molecule has 6 heteroatoms. The Morgan fingerprint density at radius 2 is 1.70 bits per heavy atom. The SMILES string of the molecule is Cc1ccc(C(=O)Nc2cccc3cc(Oc4ccnc(C(=O)O)c4)ccc23)cc1. The molecule has 1 heterocycles. The lowest BCUT2D eigenvalue weighted by atomic mass is 10.1. The average Bonchev–Trinajstić information content (AvgIpc) is 2.74. The maximum absolute atomic E-state index is 12.6. The Bertz CT molecular complexity index is 1250. The molecule has 0 atom stereocenters. The quantitative estimate of drug-likeness (QED) is 0.477. The number of rotatable bonds is 5. The van der Waals surface area contributed by atoms with Crippen LogP contribution in [0.15, 0.2) is 79.0 Å². The average molecular weight is 398 g/mol. The van der Waals surface area contributed by atoms with Gasteiger partial charge in [0.2, 0.25) is 0 Å². The molecule has 0 bridgehead atoms. The molecule has 0 saturated heterocycles. The van der Waals surface area contributed by atoms with Crippen molar-refractivity contribution >= 4 is 28.3 Å². The van der Waals surface area contributed by atoms with Crippen molar-refractivity contribution in [3.8, 4) is 11.5 Å². The smallest absolute Gasteiger partial charge is 0.354 e. The number of carboxylic acids is 1. The number of aromatic nitrogens is 1. The van der Waals surface area contributed by atoms with Crippen LogP contribution in [0.1, 0.15) is 26.4 Å². The van der Waals surface area contributed by atoms with Gasteiger partial charge in [0.1, 0.15) is 11.5 Å². The van der Waals surface area contributed by atoms with Crippen LogP contribution >= 0.6 is 0 Å². The zero-order chi connectivity index (χ0) is 21.1. The van der Waals surface area contributed by atoms with Crippen molar-refractivity contribution in [1.29, 1.82) is 0 Å². The molecular formula is C24H18N2O4. The van der Waals surface area contributed by atoms with Gasteiger partial charge in [-0.25, -0.2) is 9.78 Å². The number of carbonyl (C=O) groups is 2. The van der Waals surface area contributed by atoms with Crippen LogP contribution in [0.4, 0.5) is 5.69 Å². The molecule has 0 fully saturated rings. The normalized spacial score (nSPS) is 10.6. The molecule has 0 unspecified atom stereocenters. The lowest BCUT2D eigenvalue weighted by Gasteiger charge is -2.11. The molecular weight excluding hydrogens is 380 g/mol. The minimum atomic E-state index is -1.12. The second kappa shape index (κ2) is 8.05. The summed E-state index contributed by atoms with van der Waals surface area (Å²) in [6.07, 6.45) is 1.39. The first kappa shape index (κ1) is 19.1. The summed E-state index contributed by atoms with van der Waals surface area (Å²) in [6, 6.07) is 21.4. The van der Waals surface area contributed by atoms with Crippen LogP contribution in [0.5, 0.6) is 11.5 Å². The van der Waals surface area contributed by atoms with E-state index in [1.807, 2.05) is 49.4 Å². The van der Waals surface area contributed by atoms with Crippen molar-refractivity contribution in [3.63, 3.8) is 0 Å². The number of amides is 1. The van der Waals surface area contributed by atoms with E-state index >= 15 is 0 Å². The second-order valence-electron chi connectivity index (χ2n) is 6.79. The summed E-state index contributed by atoms with van der Waals surface area (Å²) in [6.45, 7) is 1.97. The fraction of sp³-hybridized carbons (Fsp3) is 0.0417. The number of hydrogen-bond donors (Lipinski definition) is 2. The molecule has 0 saturated carbocycles. The number of nitrogens with one attached hydrogen (secondary N) is 1. The molecule has 1 aromatic heterocycles. The lowest BCUT2D eigenvalue weighted by molar-refractivity contribution is 0.0690. The summed E-state index contributed by atoms with van der Waals surface area (Å²) in [5, 5.41) is 13.8. The van der Waals surface area contributed by atoms with Crippen LogP contribution in [0.2, 0.25) is 0 Å². The minimum absolute atomic E-state index is 0.0885. The van der Waals surface area contributed by atoms with Gasteiger partial charge in [-0.1, -0.05) is 29.8 Å². The largest absolute Gasteiger partial charge is 0.477 e. The highest BCUT2D eigenvalue weighted by atomic mass is 16.5. The topological polar surface area (TPSA) is 88.5 Å². The summed E-state index contributed by atoms with van der Waals surface area (Å²) >= 11 is 0. The van der Waals surface area contributed by atoms with Crippen LogP contribution < -0.4 is 10.1 Å². The van der Waals surface area contributed by atoms with E-state index in [-0.39, 0.29) is 11.6 Å². The van der Waals surface area contributed by atoms with Crippen LogP contribution in [-0.4, -0.2) is 22.0 Å². The summed E-state index contributed by atoms with van der Waals surface area (Å²) in [5.74, 6) is -0.369. The molecule has 4 aromatic rings. The third-order valence-electron chi connectivity index (χ3n) is 4.60. The molecule has 30 heavy (non-hydrogen) atoms. The molecule has 4 rings (SSSR count). The standard InChI is InChI=1S/C24H18N2O4/c1-15-5-7-16(8-6-15)23(27)26-21-4-2-3-17-13-18(9-10-20(17)21)30-19-11-12-25-22(14-19)24(28)29/h2-14H,1H3,(H,26,27)(H,28,29). The van der Waals surface area contributed by atoms with Crippen molar-refractivity contribution in [2.75, 3.05) is 5.32 Å².